The molecule has 1 aliphatic rings. The van der Waals surface area contributed by atoms with Crippen molar-refractivity contribution >= 4 is 11.6 Å². The summed E-state index contributed by atoms with van der Waals surface area (Å²) in [4.78, 5) is 9.57. The van der Waals surface area contributed by atoms with Gasteiger partial charge in [-0.15, -0.1) is 0 Å². The van der Waals surface area contributed by atoms with E-state index in [4.69, 9.17) is 10.5 Å². The molecule has 1 aliphatic heterocycles. The summed E-state index contributed by atoms with van der Waals surface area (Å²) in [6, 6.07) is 0. The molecule has 0 radical (unpaired) electrons. The van der Waals surface area contributed by atoms with Crippen molar-refractivity contribution in [3.63, 3.8) is 0 Å². The number of nitrogens with zero attached hydrogens (tertiary/aromatic N) is 3. The van der Waals surface area contributed by atoms with Gasteiger partial charge < -0.3 is 25.6 Å². The lowest BCUT2D eigenvalue weighted by Gasteiger charge is -2.19. The molecule has 7 nitrogen and oxygen atoms in total. The minimum absolute atomic E-state index is 0.239. The molecule has 0 bridgehead atoms. The Labute approximate surface area is 92.5 Å². The third-order valence-corrected chi connectivity index (χ3v) is 2.58. The van der Waals surface area contributed by atoms with Crippen LogP contribution in [0.1, 0.15) is 0 Å². The SMILES string of the molecule is COc1c(N)ncnc1N1CC(O)C(O)C1. The highest BCUT2D eigenvalue weighted by molar-refractivity contribution is 5.63. The van der Waals surface area contributed by atoms with E-state index in [1.807, 2.05) is 0 Å². The van der Waals surface area contributed by atoms with Crippen molar-refractivity contribution in [1.82, 2.24) is 9.97 Å². The Kier molecular flexibility index (Phi) is 2.80. The molecule has 1 saturated heterocycles. The Balaban J connectivity index is 2.31. The fourth-order valence-corrected chi connectivity index (χ4v) is 1.74. The molecule has 1 aromatic rings. The van der Waals surface area contributed by atoms with Gasteiger partial charge in [0.05, 0.1) is 19.3 Å². The molecule has 7 heteroatoms. The van der Waals surface area contributed by atoms with E-state index in [2.05, 4.69) is 9.97 Å². The van der Waals surface area contributed by atoms with Gasteiger partial charge in [-0.05, 0) is 0 Å². The minimum Gasteiger partial charge on any atom is -0.490 e. The van der Waals surface area contributed by atoms with Gasteiger partial charge in [-0.2, -0.15) is 0 Å². The summed E-state index contributed by atoms with van der Waals surface area (Å²) in [5.41, 5.74) is 5.64. The molecule has 16 heavy (non-hydrogen) atoms. The zero-order chi connectivity index (χ0) is 11.7. The molecular formula is C9H14N4O3. The number of aromatic nitrogens is 2. The summed E-state index contributed by atoms with van der Waals surface area (Å²) in [5.74, 6) is 1.10. The fourth-order valence-electron chi connectivity index (χ4n) is 1.74. The summed E-state index contributed by atoms with van der Waals surface area (Å²) >= 11 is 0. The number of aliphatic hydroxyl groups excluding tert-OH is 2. The van der Waals surface area contributed by atoms with E-state index in [1.54, 1.807) is 4.90 Å². The summed E-state index contributed by atoms with van der Waals surface area (Å²) in [6.45, 7) is 0.599. The predicted octanol–water partition coefficient (Wildman–Crippen LogP) is -1.39. The van der Waals surface area contributed by atoms with Crippen LogP contribution in [0.25, 0.3) is 0 Å². The number of ether oxygens (including phenoxy) is 1. The first-order valence-corrected chi connectivity index (χ1v) is 4.89. The van der Waals surface area contributed by atoms with E-state index in [-0.39, 0.29) is 5.82 Å². The number of β-amino-alcohol motifs (C(OH)–C–C–N with tert-alkyl or cyclic N) is 2. The molecule has 0 amide bonds. The first-order valence-electron chi connectivity index (χ1n) is 4.89. The van der Waals surface area contributed by atoms with Crippen molar-refractivity contribution in [2.24, 2.45) is 0 Å². The van der Waals surface area contributed by atoms with Crippen LogP contribution in [0.5, 0.6) is 5.75 Å². The Morgan fingerprint density at radius 1 is 1.38 bits per heavy atom. The zero-order valence-electron chi connectivity index (χ0n) is 8.87. The summed E-state index contributed by atoms with van der Waals surface area (Å²) in [5, 5.41) is 18.9. The first kappa shape index (κ1) is 10.9. The van der Waals surface area contributed by atoms with Gasteiger partial charge in [0.15, 0.2) is 11.6 Å². The molecule has 0 aliphatic carbocycles. The molecular weight excluding hydrogens is 212 g/mol. The predicted molar refractivity (Wildman–Crippen MR) is 57.2 cm³/mol. The van der Waals surface area contributed by atoms with Gasteiger partial charge >= 0.3 is 0 Å². The quantitative estimate of drug-likeness (QED) is 0.570. The van der Waals surface area contributed by atoms with E-state index >= 15 is 0 Å². The van der Waals surface area contributed by atoms with Gasteiger partial charge in [0.2, 0.25) is 5.75 Å². The standard InChI is InChI=1S/C9H14N4O3/c1-16-7-8(10)11-4-12-9(7)13-2-5(14)6(15)3-13/h4-6,14-15H,2-3H2,1H3,(H2,10,11,12). The van der Waals surface area contributed by atoms with Crippen molar-refractivity contribution in [2.75, 3.05) is 30.8 Å². The van der Waals surface area contributed by atoms with Gasteiger partial charge in [0.1, 0.15) is 6.33 Å². The van der Waals surface area contributed by atoms with Crippen LogP contribution in [-0.4, -0.2) is 52.6 Å². The number of anilines is 2. The van der Waals surface area contributed by atoms with Gasteiger partial charge in [-0.25, -0.2) is 9.97 Å². The molecule has 4 N–H and O–H groups in total. The molecule has 0 saturated carbocycles. The largest absolute Gasteiger partial charge is 0.490 e. The zero-order valence-corrected chi connectivity index (χ0v) is 8.87. The van der Waals surface area contributed by atoms with Crippen LogP contribution < -0.4 is 15.4 Å². The normalized spacial score (nSPS) is 24.8. The fraction of sp³-hybridized carbons (Fsp3) is 0.556. The van der Waals surface area contributed by atoms with Gasteiger partial charge in [-0.3, -0.25) is 0 Å². The second-order valence-electron chi connectivity index (χ2n) is 3.66. The molecule has 2 atom stereocenters. The molecule has 2 unspecified atom stereocenters. The van der Waals surface area contributed by atoms with Gasteiger partial charge in [0.25, 0.3) is 0 Å². The lowest BCUT2D eigenvalue weighted by atomic mass is 10.3. The highest BCUT2D eigenvalue weighted by Gasteiger charge is 2.32. The topological polar surface area (TPSA) is 105 Å². The Bertz CT molecular complexity index is 377. The van der Waals surface area contributed by atoms with Crippen molar-refractivity contribution < 1.29 is 14.9 Å². The van der Waals surface area contributed by atoms with Crippen LogP contribution in [0.15, 0.2) is 6.33 Å². The highest BCUT2D eigenvalue weighted by atomic mass is 16.5. The van der Waals surface area contributed by atoms with Gasteiger partial charge in [0, 0.05) is 13.1 Å². The number of hydrogen-bond acceptors (Lipinski definition) is 7. The van der Waals surface area contributed by atoms with Gasteiger partial charge in [-0.1, -0.05) is 0 Å². The number of aliphatic hydroxyl groups is 2. The molecule has 88 valence electrons. The highest BCUT2D eigenvalue weighted by Crippen LogP contribution is 2.31. The second-order valence-corrected chi connectivity index (χ2v) is 3.66. The third kappa shape index (κ3) is 1.74. The molecule has 1 fully saturated rings. The number of hydrogen-bond donors (Lipinski definition) is 3. The summed E-state index contributed by atoms with van der Waals surface area (Å²) < 4.78 is 5.10. The minimum atomic E-state index is -0.777. The van der Waals surface area contributed by atoms with E-state index in [9.17, 15) is 10.2 Å². The third-order valence-electron chi connectivity index (χ3n) is 2.58. The maximum absolute atomic E-state index is 9.46. The van der Waals surface area contributed by atoms with Crippen molar-refractivity contribution in [2.45, 2.75) is 12.2 Å². The van der Waals surface area contributed by atoms with E-state index in [0.29, 0.717) is 24.7 Å². The summed E-state index contributed by atoms with van der Waals surface area (Å²) in [7, 11) is 1.47. The van der Waals surface area contributed by atoms with Crippen LogP contribution >= 0.6 is 0 Å². The first-order chi connectivity index (χ1) is 7.63. The Hall–Kier alpha value is -1.60. The Morgan fingerprint density at radius 2 is 2.00 bits per heavy atom. The lowest BCUT2D eigenvalue weighted by molar-refractivity contribution is 0.0572. The van der Waals surface area contributed by atoms with E-state index in [1.165, 1.54) is 13.4 Å². The average molecular weight is 226 g/mol. The maximum Gasteiger partial charge on any atom is 0.204 e. The van der Waals surface area contributed by atoms with Crippen molar-refractivity contribution in [3.05, 3.63) is 6.33 Å². The molecule has 2 heterocycles. The Morgan fingerprint density at radius 3 is 2.56 bits per heavy atom. The maximum atomic E-state index is 9.46. The van der Waals surface area contributed by atoms with E-state index in [0.717, 1.165) is 0 Å². The van der Waals surface area contributed by atoms with Crippen molar-refractivity contribution in [1.29, 1.82) is 0 Å². The lowest BCUT2D eigenvalue weighted by Crippen LogP contribution is -2.23. The van der Waals surface area contributed by atoms with Crippen LogP contribution in [0, 0.1) is 0 Å². The molecule has 0 spiro atoms. The second kappa shape index (κ2) is 4.11. The number of methoxy groups -OCH3 is 1. The average Bonchev–Trinajstić information content (AvgIpc) is 2.59. The van der Waals surface area contributed by atoms with Crippen LogP contribution in [0.2, 0.25) is 0 Å². The number of nitrogen functional groups attached to an aromatic ring is 1. The number of rotatable bonds is 2. The molecule has 0 aromatic carbocycles. The molecule has 1 aromatic heterocycles. The van der Waals surface area contributed by atoms with Crippen LogP contribution in [0.4, 0.5) is 11.6 Å². The number of nitrogens with two attached hydrogens (primary N) is 1. The smallest absolute Gasteiger partial charge is 0.204 e. The van der Waals surface area contributed by atoms with Crippen LogP contribution in [0.3, 0.4) is 0 Å². The molecule has 2 rings (SSSR count). The van der Waals surface area contributed by atoms with E-state index < -0.39 is 12.2 Å². The summed E-state index contributed by atoms with van der Waals surface area (Å²) in [6.07, 6.45) is -0.230. The monoisotopic (exact) mass is 226 g/mol. The van der Waals surface area contributed by atoms with Crippen molar-refractivity contribution in [3.8, 4) is 5.75 Å². The van der Waals surface area contributed by atoms with Crippen LogP contribution in [-0.2, 0) is 0 Å².